The van der Waals surface area contributed by atoms with Gasteiger partial charge < -0.3 is 34.5 Å². The molecule has 1 saturated heterocycles. The summed E-state index contributed by atoms with van der Waals surface area (Å²) in [6.07, 6.45) is -4.97. The molecule has 0 aliphatic carbocycles. The molecule has 0 spiro atoms. The zero-order chi connectivity index (χ0) is 40.6. The number of alkyl halides is 3. The third-order valence-electron chi connectivity index (χ3n) is 9.63. The van der Waals surface area contributed by atoms with Crippen LogP contribution in [-0.4, -0.2) is 78.3 Å². The molecule has 2 heterocycles. The zero-order valence-corrected chi connectivity index (χ0v) is 31.4. The number of aryl methyl sites for hydroxylation is 2. The Kier molecular flexibility index (Phi) is 13.6. The highest BCUT2D eigenvalue weighted by molar-refractivity contribution is 5.80. The van der Waals surface area contributed by atoms with Crippen molar-refractivity contribution in [2.75, 3.05) is 33.1 Å². The molecule has 3 N–H and O–H groups in total. The Labute approximate surface area is 322 Å². The van der Waals surface area contributed by atoms with E-state index in [1.807, 2.05) is 124 Å². The first kappa shape index (κ1) is 41.6. The van der Waals surface area contributed by atoms with E-state index >= 15 is 0 Å². The Hall–Kier alpha value is -5.60. The van der Waals surface area contributed by atoms with Gasteiger partial charge >= 0.3 is 18.1 Å². The summed E-state index contributed by atoms with van der Waals surface area (Å²) in [5.41, 5.74) is 5.79. The average molecular weight is 779 g/mol. The van der Waals surface area contributed by atoms with E-state index in [1.54, 1.807) is 0 Å². The monoisotopic (exact) mass is 778 g/mol. The number of carboxylic acid groups (broad SMARTS) is 2. The number of carboxylic acids is 2. The molecular weight excluding hydrogens is 733 g/mol. The van der Waals surface area contributed by atoms with E-state index in [0.717, 1.165) is 33.4 Å². The maximum absolute atomic E-state index is 14.1. The molecule has 1 amide bonds. The van der Waals surface area contributed by atoms with Crippen molar-refractivity contribution in [1.29, 1.82) is 0 Å². The summed E-state index contributed by atoms with van der Waals surface area (Å²) in [4.78, 5) is 38.1. The molecule has 298 valence electrons. The van der Waals surface area contributed by atoms with Crippen LogP contribution in [0, 0.1) is 19.8 Å². The van der Waals surface area contributed by atoms with Crippen LogP contribution in [0.4, 0.5) is 13.2 Å². The van der Waals surface area contributed by atoms with Crippen LogP contribution in [0.3, 0.4) is 0 Å². The summed E-state index contributed by atoms with van der Waals surface area (Å²) >= 11 is 0. The van der Waals surface area contributed by atoms with E-state index in [9.17, 15) is 27.9 Å². The first-order chi connectivity index (χ1) is 26.6. The maximum Gasteiger partial charge on any atom is 0.490 e. The molecular formula is C42H45F3N2O9. The standard InChI is InChI=1S/C40H44N2O7.C2HF3O2/c1-25(2)46-19-20-47-30-16-13-28(14-17-30)39-37(40(44)45)33(29-15-18-34-35(21-29)49-24-48-34)22-42(39)23-36(43)41-38(31-11-7-5-9-26(31)3)32-12-8-6-10-27(32)4;3-2(4,5)1(6)7/h5-18,21,25,33,37-39H,19-20,22-24H2,1-4H3,(H,41,43)(H,44,45);(H,6,7)/t33-,37-,39+;/m1./s1. The van der Waals surface area contributed by atoms with Crippen LogP contribution in [0.2, 0.25) is 0 Å². The van der Waals surface area contributed by atoms with Crippen molar-refractivity contribution in [2.45, 2.75) is 58.0 Å². The predicted octanol–water partition coefficient (Wildman–Crippen LogP) is 7.22. The molecule has 0 radical (unpaired) electrons. The molecule has 4 aromatic carbocycles. The minimum atomic E-state index is -5.08. The number of benzene rings is 4. The summed E-state index contributed by atoms with van der Waals surface area (Å²) in [7, 11) is 0. The minimum absolute atomic E-state index is 0.00849. The minimum Gasteiger partial charge on any atom is -0.491 e. The lowest BCUT2D eigenvalue weighted by molar-refractivity contribution is -0.192. The van der Waals surface area contributed by atoms with Crippen molar-refractivity contribution in [3.05, 3.63) is 124 Å². The fraction of sp³-hybridized carbons (Fsp3) is 0.357. The molecule has 0 saturated carbocycles. The van der Waals surface area contributed by atoms with Crippen LogP contribution in [-0.2, 0) is 19.1 Å². The van der Waals surface area contributed by atoms with E-state index in [0.29, 0.717) is 37.0 Å². The van der Waals surface area contributed by atoms with Gasteiger partial charge in [-0.15, -0.1) is 0 Å². The van der Waals surface area contributed by atoms with Gasteiger partial charge in [-0.1, -0.05) is 66.7 Å². The fourth-order valence-electron chi connectivity index (χ4n) is 7.01. The molecule has 2 aliphatic heterocycles. The van der Waals surface area contributed by atoms with E-state index in [4.69, 9.17) is 28.8 Å². The smallest absolute Gasteiger partial charge is 0.490 e. The van der Waals surface area contributed by atoms with Crippen molar-refractivity contribution in [3.8, 4) is 17.2 Å². The van der Waals surface area contributed by atoms with Crippen LogP contribution in [0.5, 0.6) is 17.2 Å². The molecule has 2 aliphatic rings. The molecule has 1 fully saturated rings. The van der Waals surface area contributed by atoms with Gasteiger partial charge in [-0.25, -0.2) is 4.79 Å². The molecule has 6 rings (SSSR count). The number of amides is 1. The number of likely N-dealkylation sites (tertiary alicyclic amines) is 1. The number of carbonyl (C=O) groups is 3. The summed E-state index contributed by atoms with van der Waals surface area (Å²) in [6, 6.07) is 28.3. The number of nitrogens with one attached hydrogen (secondary N) is 1. The topological polar surface area (TPSA) is 144 Å². The van der Waals surface area contributed by atoms with Crippen molar-refractivity contribution in [3.63, 3.8) is 0 Å². The van der Waals surface area contributed by atoms with E-state index in [1.165, 1.54) is 0 Å². The Morgan fingerprint density at radius 2 is 1.41 bits per heavy atom. The molecule has 0 unspecified atom stereocenters. The van der Waals surface area contributed by atoms with E-state index in [-0.39, 0.29) is 31.4 Å². The van der Waals surface area contributed by atoms with Gasteiger partial charge in [0.2, 0.25) is 12.7 Å². The van der Waals surface area contributed by atoms with E-state index < -0.39 is 36.0 Å². The molecule has 14 heteroatoms. The number of hydrogen-bond acceptors (Lipinski definition) is 8. The third kappa shape index (κ3) is 10.4. The van der Waals surface area contributed by atoms with Crippen LogP contribution in [0.1, 0.15) is 65.2 Å². The SMILES string of the molecule is Cc1ccccc1C(NC(=O)CN1C[C@H](c2ccc3c(c2)OCO3)[C@@H](C(=O)O)[C@@H]1c1ccc(OCCOC(C)C)cc1)c1ccccc1C.O=C(O)C(F)(F)F. The average Bonchev–Trinajstić information content (AvgIpc) is 3.78. The highest BCUT2D eigenvalue weighted by Gasteiger charge is 2.48. The zero-order valence-electron chi connectivity index (χ0n) is 31.4. The van der Waals surface area contributed by atoms with Crippen LogP contribution >= 0.6 is 0 Å². The number of hydrogen-bond donors (Lipinski definition) is 3. The molecule has 11 nitrogen and oxygen atoms in total. The van der Waals surface area contributed by atoms with Gasteiger partial charge in [-0.3, -0.25) is 14.5 Å². The number of nitrogens with zero attached hydrogens (tertiary/aromatic N) is 1. The second-order valence-corrected chi connectivity index (χ2v) is 13.8. The van der Waals surface area contributed by atoms with Gasteiger partial charge in [0.05, 0.1) is 31.2 Å². The number of fused-ring (bicyclic) bond motifs is 1. The number of ether oxygens (including phenoxy) is 4. The normalized spacial score (nSPS) is 17.7. The van der Waals surface area contributed by atoms with E-state index in [2.05, 4.69) is 5.32 Å². The molecule has 3 atom stereocenters. The molecule has 0 bridgehead atoms. The lowest BCUT2D eigenvalue weighted by Crippen LogP contribution is -2.40. The van der Waals surface area contributed by atoms with Crippen LogP contribution < -0.4 is 19.5 Å². The molecule has 0 aromatic heterocycles. The van der Waals surface area contributed by atoms with Crippen LogP contribution in [0.15, 0.2) is 91.0 Å². The number of halogens is 3. The maximum atomic E-state index is 14.1. The number of aliphatic carboxylic acids is 2. The molecule has 4 aromatic rings. The van der Waals surface area contributed by atoms with Gasteiger partial charge in [0.1, 0.15) is 12.4 Å². The fourth-order valence-corrected chi connectivity index (χ4v) is 7.01. The third-order valence-corrected chi connectivity index (χ3v) is 9.63. The lowest BCUT2D eigenvalue weighted by atomic mass is 9.82. The summed E-state index contributed by atoms with van der Waals surface area (Å²) in [5, 5.41) is 21.2. The van der Waals surface area contributed by atoms with Crippen molar-refractivity contribution >= 4 is 17.8 Å². The van der Waals surface area contributed by atoms with Crippen molar-refractivity contribution < 1.29 is 56.7 Å². The summed E-state index contributed by atoms with van der Waals surface area (Å²) in [6.45, 7) is 9.40. The Morgan fingerprint density at radius 3 is 1.96 bits per heavy atom. The molecule has 56 heavy (non-hydrogen) atoms. The largest absolute Gasteiger partial charge is 0.491 e. The lowest BCUT2D eigenvalue weighted by Gasteiger charge is -2.29. The Balaban J connectivity index is 0.000000784. The van der Waals surface area contributed by atoms with Crippen LogP contribution in [0.25, 0.3) is 0 Å². The Bertz CT molecular complexity index is 1940. The highest BCUT2D eigenvalue weighted by atomic mass is 19.4. The van der Waals surface area contributed by atoms with Gasteiger partial charge in [0.15, 0.2) is 11.5 Å². The first-order valence-electron chi connectivity index (χ1n) is 18.0. The number of carbonyl (C=O) groups excluding carboxylic acids is 1. The van der Waals surface area contributed by atoms with Crippen molar-refractivity contribution in [2.24, 2.45) is 5.92 Å². The van der Waals surface area contributed by atoms with Gasteiger partial charge in [0, 0.05) is 18.5 Å². The second-order valence-electron chi connectivity index (χ2n) is 13.8. The van der Waals surface area contributed by atoms with Gasteiger partial charge in [-0.2, -0.15) is 13.2 Å². The quantitative estimate of drug-likeness (QED) is 0.119. The Morgan fingerprint density at radius 1 is 0.839 bits per heavy atom. The second kappa shape index (κ2) is 18.4. The first-order valence-corrected chi connectivity index (χ1v) is 18.0. The highest BCUT2D eigenvalue weighted by Crippen LogP contribution is 2.48. The predicted molar refractivity (Wildman–Crippen MR) is 200 cm³/mol. The van der Waals surface area contributed by atoms with Crippen molar-refractivity contribution in [1.82, 2.24) is 10.2 Å². The number of rotatable bonds is 13. The van der Waals surface area contributed by atoms with Gasteiger partial charge in [-0.05, 0) is 85.3 Å². The van der Waals surface area contributed by atoms with Gasteiger partial charge in [0.25, 0.3) is 0 Å². The summed E-state index contributed by atoms with van der Waals surface area (Å²) < 4.78 is 54.4. The summed E-state index contributed by atoms with van der Waals surface area (Å²) in [5.74, 6) is -3.22.